The number of aliphatic hydroxyl groups excluding tert-OH is 3. The molecule has 0 aromatic heterocycles. The van der Waals surface area contributed by atoms with Crippen LogP contribution in [0.5, 0.6) is 11.5 Å². The summed E-state index contributed by atoms with van der Waals surface area (Å²) in [4.78, 5) is 22.7. The lowest BCUT2D eigenvalue weighted by molar-refractivity contribution is -0.244. The van der Waals surface area contributed by atoms with Gasteiger partial charge in [-0.1, -0.05) is 6.07 Å². The summed E-state index contributed by atoms with van der Waals surface area (Å²) < 4.78 is 21.2. The molecule has 10 nitrogen and oxygen atoms in total. The Labute approximate surface area is 167 Å². The summed E-state index contributed by atoms with van der Waals surface area (Å²) in [6, 6.07) is 3.70. The van der Waals surface area contributed by atoms with E-state index in [1.807, 2.05) is 0 Å². The Kier molecular flexibility index (Phi) is 7.97. The van der Waals surface area contributed by atoms with Crippen LogP contribution in [0.1, 0.15) is 12.5 Å². The van der Waals surface area contributed by atoms with Crippen LogP contribution in [0.3, 0.4) is 0 Å². The molecule has 0 spiro atoms. The van der Waals surface area contributed by atoms with Gasteiger partial charge >= 0.3 is 5.97 Å². The number of amides is 1. The lowest BCUT2D eigenvalue weighted by Gasteiger charge is -2.42. The number of rotatable bonds is 7. The average molecular weight is 411 g/mol. The molecule has 10 heteroatoms. The molecule has 2 rings (SSSR count). The van der Waals surface area contributed by atoms with Crippen molar-refractivity contribution >= 4 is 18.0 Å². The molecule has 29 heavy (non-hydrogen) atoms. The van der Waals surface area contributed by atoms with Gasteiger partial charge < -0.3 is 39.6 Å². The Hall–Kier alpha value is -2.66. The Morgan fingerprint density at radius 2 is 1.93 bits per heavy atom. The zero-order valence-electron chi connectivity index (χ0n) is 16.3. The molecular formula is C19H25NO9. The molecule has 4 N–H and O–H groups in total. The number of carbonyl (C=O) groups excluding carboxylic acids is 2. The molecule has 1 aromatic rings. The van der Waals surface area contributed by atoms with Crippen molar-refractivity contribution in [3.8, 4) is 11.5 Å². The number of hydrogen-bond donors (Lipinski definition) is 4. The highest BCUT2D eigenvalue weighted by Gasteiger charge is 2.46. The zero-order valence-corrected chi connectivity index (χ0v) is 16.3. The van der Waals surface area contributed by atoms with Gasteiger partial charge in [0, 0.05) is 13.0 Å². The minimum Gasteiger partial charge on any atom is -0.493 e. The highest BCUT2D eigenvalue weighted by molar-refractivity contribution is 5.87. The van der Waals surface area contributed by atoms with Gasteiger partial charge in [0.05, 0.1) is 20.8 Å². The highest BCUT2D eigenvalue weighted by Crippen LogP contribution is 2.32. The van der Waals surface area contributed by atoms with Crippen molar-refractivity contribution in [2.24, 2.45) is 0 Å². The van der Waals surface area contributed by atoms with Crippen molar-refractivity contribution in [3.05, 3.63) is 29.8 Å². The molecule has 1 amide bonds. The van der Waals surface area contributed by atoms with Crippen molar-refractivity contribution in [1.29, 1.82) is 0 Å². The van der Waals surface area contributed by atoms with Crippen LogP contribution in [-0.4, -0.2) is 78.7 Å². The van der Waals surface area contributed by atoms with Gasteiger partial charge in [0.2, 0.25) is 12.2 Å². The van der Waals surface area contributed by atoms with Crippen LogP contribution in [0.2, 0.25) is 0 Å². The van der Waals surface area contributed by atoms with Crippen LogP contribution in [0.15, 0.2) is 24.3 Å². The van der Waals surface area contributed by atoms with Crippen LogP contribution < -0.4 is 14.8 Å². The molecule has 1 fully saturated rings. The van der Waals surface area contributed by atoms with Gasteiger partial charge in [-0.2, -0.15) is 0 Å². The molecule has 1 saturated heterocycles. The number of ether oxygens (including phenoxy) is 4. The smallest absolute Gasteiger partial charge is 0.330 e. The zero-order chi connectivity index (χ0) is 21.6. The number of aliphatic hydroxyl groups is 3. The summed E-state index contributed by atoms with van der Waals surface area (Å²) >= 11 is 0. The number of carbonyl (C=O) groups is 2. The Bertz CT molecular complexity index is 751. The summed E-state index contributed by atoms with van der Waals surface area (Å²) in [5.74, 6) is -0.455. The van der Waals surface area contributed by atoms with Crippen molar-refractivity contribution < 1.29 is 43.9 Å². The topological polar surface area (TPSA) is 144 Å². The number of methoxy groups -OCH3 is 2. The van der Waals surface area contributed by atoms with E-state index in [0.29, 0.717) is 11.3 Å². The van der Waals surface area contributed by atoms with E-state index in [0.717, 1.165) is 0 Å². The van der Waals surface area contributed by atoms with E-state index in [9.17, 15) is 24.9 Å². The molecule has 5 atom stereocenters. The monoisotopic (exact) mass is 411 g/mol. The third-order valence-electron chi connectivity index (χ3n) is 4.29. The fraction of sp³-hybridized carbons (Fsp3) is 0.474. The molecule has 0 saturated carbocycles. The second kappa shape index (κ2) is 10.2. The van der Waals surface area contributed by atoms with Gasteiger partial charge in [-0.05, 0) is 23.8 Å². The molecule has 1 aromatic carbocycles. The third-order valence-corrected chi connectivity index (χ3v) is 4.29. The van der Waals surface area contributed by atoms with E-state index in [1.165, 1.54) is 33.3 Å². The molecule has 0 aliphatic carbocycles. The second-order valence-electron chi connectivity index (χ2n) is 6.32. The fourth-order valence-electron chi connectivity index (χ4n) is 2.81. The van der Waals surface area contributed by atoms with E-state index in [4.69, 9.17) is 14.2 Å². The number of nitrogens with one attached hydrogen (secondary N) is 1. The highest BCUT2D eigenvalue weighted by atomic mass is 16.7. The number of hydrogen-bond acceptors (Lipinski definition) is 9. The SMILES string of the molecule is COC(=O)/C=C/c1ccc(O[C@@H]2O[C@H](CO)[C@H](O)[C@@H](O)[C@H]2NC(C)=O)c(OC)c1. The first-order chi connectivity index (χ1) is 13.8. The van der Waals surface area contributed by atoms with Crippen LogP contribution in [0.25, 0.3) is 6.08 Å². The maximum atomic E-state index is 11.5. The first-order valence-electron chi connectivity index (χ1n) is 8.81. The minimum absolute atomic E-state index is 0.225. The van der Waals surface area contributed by atoms with E-state index < -0.39 is 49.1 Å². The predicted octanol–water partition coefficient (Wildman–Crippen LogP) is -0.796. The Morgan fingerprint density at radius 3 is 2.52 bits per heavy atom. The second-order valence-corrected chi connectivity index (χ2v) is 6.32. The number of esters is 1. The third kappa shape index (κ3) is 5.67. The van der Waals surface area contributed by atoms with Gasteiger partial charge in [0.1, 0.15) is 24.4 Å². The normalized spacial score (nSPS) is 26.8. The van der Waals surface area contributed by atoms with Crippen molar-refractivity contribution in [1.82, 2.24) is 5.32 Å². The van der Waals surface area contributed by atoms with Gasteiger partial charge in [0.15, 0.2) is 11.5 Å². The summed E-state index contributed by atoms with van der Waals surface area (Å²) in [5, 5.41) is 32.3. The summed E-state index contributed by atoms with van der Waals surface area (Å²) in [5.41, 5.74) is 0.631. The standard InChI is InChI=1S/C19H25NO9/c1-10(22)20-16-18(25)17(24)14(9-21)29-19(16)28-12-6-4-11(8-13(12)26-2)5-7-15(23)27-3/h4-8,14,16-19,21,24-25H,9H2,1-3H3,(H,20,22)/b7-5+/t14-,16-,17+,18+,19-/m1/s1. The summed E-state index contributed by atoms with van der Waals surface area (Å²) in [6.07, 6.45) is -2.38. The van der Waals surface area contributed by atoms with E-state index in [-0.39, 0.29) is 5.75 Å². The lowest BCUT2D eigenvalue weighted by Crippen LogP contribution is -2.65. The fourth-order valence-corrected chi connectivity index (χ4v) is 2.81. The quantitative estimate of drug-likeness (QED) is 0.335. The maximum Gasteiger partial charge on any atom is 0.330 e. The lowest BCUT2D eigenvalue weighted by atomic mass is 9.97. The molecule has 160 valence electrons. The van der Waals surface area contributed by atoms with Crippen LogP contribution in [-0.2, 0) is 19.1 Å². The predicted molar refractivity (Wildman–Crippen MR) is 100 cm³/mol. The summed E-state index contributed by atoms with van der Waals surface area (Å²) in [6.45, 7) is 0.691. The van der Waals surface area contributed by atoms with E-state index in [1.54, 1.807) is 18.2 Å². The molecule has 0 unspecified atom stereocenters. The van der Waals surface area contributed by atoms with Crippen LogP contribution in [0, 0.1) is 0 Å². The van der Waals surface area contributed by atoms with Crippen LogP contribution >= 0.6 is 0 Å². The van der Waals surface area contributed by atoms with Gasteiger partial charge in [-0.25, -0.2) is 4.79 Å². The first kappa shape index (κ1) is 22.6. The Balaban J connectivity index is 2.27. The van der Waals surface area contributed by atoms with E-state index >= 15 is 0 Å². The minimum atomic E-state index is -1.43. The molecular weight excluding hydrogens is 386 g/mol. The maximum absolute atomic E-state index is 11.5. The molecule has 1 aliphatic rings. The van der Waals surface area contributed by atoms with Crippen molar-refractivity contribution in [3.63, 3.8) is 0 Å². The largest absolute Gasteiger partial charge is 0.493 e. The van der Waals surface area contributed by atoms with Crippen molar-refractivity contribution in [2.45, 2.75) is 37.6 Å². The van der Waals surface area contributed by atoms with E-state index in [2.05, 4.69) is 10.1 Å². The Morgan fingerprint density at radius 1 is 1.21 bits per heavy atom. The van der Waals surface area contributed by atoms with Gasteiger partial charge in [-0.3, -0.25) is 4.79 Å². The average Bonchev–Trinajstić information content (AvgIpc) is 2.71. The molecule has 0 radical (unpaired) electrons. The summed E-state index contributed by atoms with van der Waals surface area (Å²) in [7, 11) is 2.68. The van der Waals surface area contributed by atoms with Crippen molar-refractivity contribution in [2.75, 3.05) is 20.8 Å². The van der Waals surface area contributed by atoms with Gasteiger partial charge in [0.25, 0.3) is 0 Å². The molecule has 0 bridgehead atoms. The van der Waals surface area contributed by atoms with Crippen LogP contribution in [0.4, 0.5) is 0 Å². The molecule has 1 aliphatic heterocycles. The first-order valence-corrected chi connectivity index (χ1v) is 8.81. The van der Waals surface area contributed by atoms with Gasteiger partial charge in [-0.15, -0.1) is 0 Å². The molecule has 1 heterocycles. The number of benzene rings is 1.